The number of carboxylic acids is 1. The quantitative estimate of drug-likeness (QED) is 0.517. The van der Waals surface area contributed by atoms with E-state index in [0.717, 1.165) is 6.07 Å². The van der Waals surface area contributed by atoms with Gasteiger partial charge in [-0.2, -0.15) is 0 Å². The van der Waals surface area contributed by atoms with Crippen LogP contribution < -0.4 is 10.0 Å². The molecule has 6 heteroatoms. The highest BCUT2D eigenvalue weighted by atomic mass is 16.6. The van der Waals surface area contributed by atoms with E-state index in [2.05, 4.69) is 0 Å². The minimum Gasteiger partial charge on any atom is -0.545 e. The zero-order valence-corrected chi connectivity index (χ0v) is 8.26. The lowest BCUT2D eigenvalue weighted by atomic mass is 10.1. The van der Waals surface area contributed by atoms with Crippen LogP contribution in [-0.4, -0.2) is 25.0 Å². The number of carbonyl (C=O) groups is 1. The van der Waals surface area contributed by atoms with Crippen molar-refractivity contribution in [2.75, 3.05) is 19.0 Å². The third kappa shape index (κ3) is 2.22. The Labute approximate surface area is 85.9 Å². The Hall–Kier alpha value is -2.11. The Kier molecular flexibility index (Phi) is 2.89. The average Bonchev–Trinajstić information content (AvgIpc) is 2.16. The lowest BCUT2D eigenvalue weighted by Gasteiger charge is -2.17. The zero-order chi connectivity index (χ0) is 11.6. The molecule has 0 saturated heterocycles. The number of non-ortho nitro benzene ring substituents is 1. The number of carboxylic acid groups (broad SMARTS) is 1. The molecule has 6 nitrogen and oxygen atoms in total. The molecule has 0 atom stereocenters. The number of nitro groups is 1. The van der Waals surface area contributed by atoms with Crippen molar-refractivity contribution in [3.05, 3.63) is 33.9 Å². The van der Waals surface area contributed by atoms with Gasteiger partial charge in [-0.25, -0.2) is 0 Å². The van der Waals surface area contributed by atoms with Crippen LogP contribution in [0.2, 0.25) is 0 Å². The van der Waals surface area contributed by atoms with E-state index in [1.165, 1.54) is 12.1 Å². The maximum absolute atomic E-state index is 10.7. The fourth-order valence-electron chi connectivity index (χ4n) is 1.19. The smallest absolute Gasteiger partial charge is 0.270 e. The second-order valence-electron chi connectivity index (χ2n) is 3.14. The molecular weight excluding hydrogens is 200 g/mol. The zero-order valence-electron chi connectivity index (χ0n) is 8.26. The van der Waals surface area contributed by atoms with Gasteiger partial charge >= 0.3 is 0 Å². The molecule has 0 amide bonds. The van der Waals surface area contributed by atoms with Crippen molar-refractivity contribution in [2.45, 2.75) is 0 Å². The number of rotatable bonds is 3. The number of benzene rings is 1. The highest BCUT2D eigenvalue weighted by Crippen LogP contribution is 2.23. The molecule has 0 saturated carbocycles. The largest absolute Gasteiger partial charge is 0.545 e. The van der Waals surface area contributed by atoms with Crippen molar-refractivity contribution >= 4 is 17.3 Å². The van der Waals surface area contributed by atoms with Crippen LogP contribution in [0.4, 0.5) is 11.4 Å². The monoisotopic (exact) mass is 209 g/mol. The van der Waals surface area contributed by atoms with Crippen molar-refractivity contribution in [1.29, 1.82) is 0 Å². The van der Waals surface area contributed by atoms with Crippen LogP contribution >= 0.6 is 0 Å². The Morgan fingerprint density at radius 2 is 2.00 bits per heavy atom. The Bertz CT molecular complexity index is 415. The van der Waals surface area contributed by atoms with E-state index in [0.29, 0.717) is 5.69 Å². The van der Waals surface area contributed by atoms with Gasteiger partial charge in [0.25, 0.3) is 5.69 Å². The molecule has 15 heavy (non-hydrogen) atoms. The molecule has 0 spiro atoms. The summed E-state index contributed by atoms with van der Waals surface area (Å²) in [7, 11) is 3.29. The summed E-state index contributed by atoms with van der Waals surface area (Å²) in [5.74, 6) is -1.43. The summed E-state index contributed by atoms with van der Waals surface area (Å²) in [6.07, 6.45) is 0. The maximum Gasteiger partial charge on any atom is 0.270 e. The first kappa shape index (κ1) is 11.0. The van der Waals surface area contributed by atoms with Crippen LogP contribution in [0.15, 0.2) is 18.2 Å². The summed E-state index contributed by atoms with van der Waals surface area (Å²) in [6.45, 7) is 0. The molecule has 0 aromatic heterocycles. The van der Waals surface area contributed by atoms with Gasteiger partial charge < -0.3 is 14.8 Å². The fourth-order valence-corrected chi connectivity index (χ4v) is 1.19. The number of hydrogen-bond donors (Lipinski definition) is 0. The SMILES string of the molecule is CN(C)c1ccc([N+](=O)[O-])cc1C(=O)[O-]. The third-order valence-corrected chi connectivity index (χ3v) is 1.89. The van der Waals surface area contributed by atoms with E-state index in [1.54, 1.807) is 19.0 Å². The predicted octanol–water partition coefficient (Wildman–Crippen LogP) is 0.0243. The van der Waals surface area contributed by atoms with E-state index in [-0.39, 0.29) is 11.3 Å². The molecule has 0 radical (unpaired) electrons. The Morgan fingerprint density at radius 3 is 2.40 bits per heavy atom. The van der Waals surface area contributed by atoms with Crippen LogP contribution in [0, 0.1) is 10.1 Å². The minimum atomic E-state index is -1.43. The van der Waals surface area contributed by atoms with Gasteiger partial charge in [-0.1, -0.05) is 0 Å². The molecule has 0 aliphatic heterocycles. The highest BCUT2D eigenvalue weighted by Gasteiger charge is 2.12. The molecule has 1 aromatic carbocycles. The predicted molar refractivity (Wildman–Crippen MR) is 51.8 cm³/mol. The molecule has 0 aliphatic carbocycles. The summed E-state index contributed by atoms with van der Waals surface area (Å²) < 4.78 is 0. The van der Waals surface area contributed by atoms with Gasteiger partial charge in [0.15, 0.2) is 0 Å². The van der Waals surface area contributed by atoms with Crippen LogP contribution in [-0.2, 0) is 0 Å². The van der Waals surface area contributed by atoms with Gasteiger partial charge in [-0.15, -0.1) is 0 Å². The molecule has 1 rings (SSSR count). The van der Waals surface area contributed by atoms with Gasteiger partial charge in [-0.3, -0.25) is 10.1 Å². The first-order valence-corrected chi connectivity index (χ1v) is 4.10. The van der Waals surface area contributed by atoms with Crippen molar-refractivity contribution in [3.8, 4) is 0 Å². The number of hydrogen-bond acceptors (Lipinski definition) is 5. The maximum atomic E-state index is 10.7. The van der Waals surface area contributed by atoms with Crippen molar-refractivity contribution in [2.24, 2.45) is 0 Å². The lowest BCUT2D eigenvalue weighted by Crippen LogP contribution is -2.25. The van der Waals surface area contributed by atoms with E-state index in [1.807, 2.05) is 0 Å². The van der Waals surface area contributed by atoms with Gasteiger partial charge in [0.2, 0.25) is 0 Å². The van der Waals surface area contributed by atoms with E-state index in [4.69, 9.17) is 0 Å². The summed E-state index contributed by atoms with van der Waals surface area (Å²) in [4.78, 5) is 22.1. The summed E-state index contributed by atoms with van der Waals surface area (Å²) in [6, 6.07) is 3.62. The van der Waals surface area contributed by atoms with Crippen molar-refractivity contribution < 1.29 is 14.8 Å². The number of carbonyl (C=O) groups excluding carboxylic acids is 1. The highest BCUT2D eigenvalue weighted by molar-refractivity contribution is 5.93. The van der Waals surface area contributed by atoms with Crippen molar-refractivity contribution in [3.63, 3.8) is 0 Å². The third-order valence-electron chi connectivity index (χ3n) is 1.89. The normalized spacial score (nSPS) is 9.73. The summed E-state index contributed by atoms with van der Waals surface area (Å²) in [5, 5.41) is 21.2. The summed E-state index contributed by atoms with van der Waals surface area (Å²) >= 11 is 0. The van der Waals surface area contributed by atoms with Gasteiger partial charge in [-0.05, 0) is 6.07 Å². The molecule has 0 unspecified atom stereocenters. The number of nitro benzene ring substituents is 1. The molecule has 0 aliphatic rings. The molecule has 80 valence electrons. The minimum absolute atomic E-state index is 0.186. The number of anilines is 1. The van der Waals surface area contributed by atoms with E-state index < -0.39 is 10.9 Å². The number of nitrogens with zero attached hydrogens (tertiary/aromatic N) is 2. The molecule has 0 bridgehead atoms. The van der Waals surface area contributed by atoms with Gasteiger partial charge in [0, 0.05) is 37.5 Å². The Balaban J connectivity index is 3.33. The van der Waals surface area contributed by atoms with Crippen molar-refractivity contribution in [1.82, 2.24) is 0 Å². The lowest BCUT2D eigenvalue weighted by molar-refractivity contribution is -0.385. The van der Waals surface area contributed by atoms with Crippen LogP contribution in [0.1, 0.15) is 10.4 Å². The number of aromatic carboxylic acids is 1. The molecule has 0 heterocycles. The molecular formula is C9H9N2O4-. The van der Waals surface area contributed by atoms with E-state index in [9.17, 15) is 20.0 Å². The van der Waals surface area contributed by atoms with Crippen LogP contribution in [0.25, 0.3) is 0 Å². The molecule has 0 N–H and O–H groups in total. The van der Waals surface area contributed by atoms with Crippen LogP contribution in [0.5, 0.6) is 0 Å². The molecule has 1 aromatic rings. The summed E-state index contributed by atoms with van der Waals surface area (Å²) in [5.41, 5.74) is -0.0744. The average molecular weight is 209 g/mol. The topological polar surface area (TPSA) is 86.5 Å². The van der Waals surface area contributed by atoms with Gasteiger partial charge in [0.1, 0.15) is 0 Å². The first-order valence-electron chi connectivity index (χ1n) is 4.10. The molecule has 0 fully saturated rings. The second-order valence-corrected chi connectivity index (χ2v) is 3.14. The first-order chi connectivity index (χ1) is 6.93. The standard InChI is InChI=1S/C9H10N2O4/c1-10(2)8-4-3-6(11(14)15)5-7(8)9(12)13/h3-5H,1-2H3,(H,12,13)/p-1. The van der Waals surface area contributed by atoms with Crippen LogP contribution in [0.3, 0.4) is 0 Å². The second kappa shape index (κ2) is 3.95. The Morgan fingerprint density at radius 1 is 1.40 bits per heavy atom. The van der Waals surface area contributed by atoms with E-state index >= 15 is 0 Å². The van der Waals surface area contributed by atoms with Gasteiger partial charge in [0.05, 0.1) is 10.9 Å². The fraction of sp³-hybridized carbons (Fsp3) is 0.222.